The molecule has 0 saturated heterocycles. The van der Waals surface area contributed by atoms with Crippen molar-refractivity contribution in [1.82, 2.24) is 4.98 Å². The first-order valence-electron chi connectivity index (χ1n) is 4.69. The lowest BCUT2D eigenvalue weighted by atomic mass is 10.1. The largest absolute Gasteiger partial charge is 0.295 e. The summed E-state index contributed by atoms with van der Waals surface area (Å²) in [6, 6.07) is 6.29. The lowest BCUT2D eigenvalue weighted by Gasteiger charge is -2.03. The van der Waals surface area contributed by atoms with Gasteiger partial charge in [0.1, 0.15) is 0 Å². The molecule has 1 aromatic carbocycles. The van der Waals surface area contributed by atoms with E-state index in [0.717, 1.165) is 11.2 Å². The molecule has 0 bridgehead atoms. The molecular weight excluding hydrogens is 206 g/mol. The van der Waals surface area contributed by atoms with Crippen LogP contribution in [0.4, 0.5) is 0 Å². The summed E-state index contributed by atoms with van der Waals surface area (Å²) in [5.41, 5.74) is 3.60. The average molecular weight is 217 g/mol. The molecule has 3 heteroatoms. The molecular formula is C12H11NOS. The van der Waals surface area contributed by atoms with E-state index in [1.54, 1.807) is 6.20 Å². The molecule has 0 saturated carbocycles. The lowest BCUT2D eigenvalue weighted by molar-refractivity contribution is 0.112. The Bertz CT molecular complexity index is 502. The van der Waals surface area contributed by atoms with Crippen LogP contribution in [0.1, 0.15) is 20.9 Å². The van der Waals surface area contributed by atoms with Gasteiger partial charge in [0, 0.05) is 6.20 Å². The van der Waals surface area contributed by atoms with Crippen LogP contribution in [0.3, 0.4) is 0 Å². The van der Waals surface area contributed by atoms with Crippen molar-refractivity contribution in [3.05, 3.63) is 40.5 Å². The summed E-state index contributed by atoms with van der Waals surface area (Å²) < 4.78 is 0. The smallest absolute Gasteiger partial charge is 0.178 e. The van der Waals surface area contributed by atoms with E-state index in [1.165, 1.54) is 28.0 Å². The second-order valence-corrected chi connectivity index (χ2v) is 4.56. The van der Waals surface area contributed by atoms with Crippen molar-refractivity contribution in [2.75, 3.05) is 0 Å². The normalized spacial score (nSPS) is 10.3. The average Bonchev–Trinajstić information content (AvgIpc) is 2.70. The Labute approximate surface area is 92.6 Å². The Balaban J connectivity index is 2.52. The van der Waals surface area contributed by atoms with E-state index in [0.29, 0.717) is 5.01 Å². The van der Waals surface area contributed by atoms with E-state index >= 15 is 0 Å². The van der Waals surface area contributed by atoms with Crippen LogP contribution >= 0.6 is 11.3 Å². The number of hydrogen-bond acceptors (Lipinski definition) is 3. The zero-order chi connectivity index (χ0) is 10.8. The Hall–Kier alpha value is -1.48. The fourth-order valence-electron chi connectivity index (χ4n) is 1.47. The van der Waals surface area contributed by atoms with Gasteiger partial charge in [-0.3, -0.25) is 4.79 Å². The van der Waals surface area contributed by atoms with Crippen molar-refractivity contribution < 1.29 is 4.79 Å². The Morgan fingerprint density at radius 2 is 2.13 bits per heavy atom. The molecule has 2 nitrogen and oxygen atoms in total. The molecule has 0 radical (unpaired) electrons. The maximum absolute atomic E-state index is 10.6. The van der Waals surface area contributed by atoms with Gasteiger partial charge in [0.25, 0.3) is 0 Å². The quantitative estimate of drug-likeness (QED) is 0.723. The van der Waals surface area contributed by atoms with Crippen LogP contribution < -0.4 is 0 Å². The summed E-state index contributed by atoms with van der Waals surface area (Å²) in [5.74, 6) is 0. The Kier molecular flexibility index (Phi) is 2.64. The van der Waals surface area contributed by atoms with Gasteiger partial charge in [0.2, 0.25) is 0 Å². The lowest BCUT2D eigenvalue weighted by Crippen LogP contribution is -1.81. The van der Waals surface area contributed by atoms with Gasteiger partial charge < -0.3 is 0 Å². The highest BCUT2D eigenvalue weighted by atomic mass is 32.1. The number of carbonyl (C=O) groups excluding carboxylic acids is 1. The SMILES string of the molecule is Cc1ccc(C)c(-c2cnc(C=O)s2)c1. The zero-order valence-corrected chi connectivity index (χ0v) is 9.47. The molecule has 0 aliphatic rings. The summed E-state index contributed by atoms with van der Waals surface area (Å²) in [5, 5.41) is 0.533. The third kappa shape index (κ3) is 1.97. The molecule has 2 aromatic rings. The van der Waals surface area contributed by atoms with Crippen molar-refractivity contribution in [3.8, 4) is 10.4 Å². The molecule has 0 unspecified atom stereocenters. The van der Waals surface area contributed by atoms with Gasteiger partial charge in [-0.25, -0.2) is 4.98 Å². The fraction of sp³-hybridized carbons (Fsp3) is 0.167. The van der Waals surface area contributed by atoms with E-state index in [9.17, 15) is 4.79 Å². The van der Waals surface area contributed by atoms with Crippen molar-refractivity contribution in [2.45, 2.75) is 13.8 Å². The number of nitrogens with zero attached hydrogens (tertiary/aromatic N) is 1. The Morgan fingerprint density at radius 3 is 2.80 bits per heavy atom. The van der Waals surface area contributed by atoms with Crippen molar-refractivity contribution in [2.24, 2.45) is 0 Å². The van der Waals surface area contributed by atoms with Crippen LogP contribution in [0, 0.1) is 13.8 Å². The van der Waals surface area contributed by atoms with Crippen molar-refractivity contribution in [3.63, 3.8) is 0 Å². The second-order valence-electron chi connectivity index (χ2n) is 3.50. The summed E-state index contributed by atoms with van der Waals surface area (Å²) in [6.07, 6.45) is 2.55. The molecule has 0 N–H and O–H groups in total. The topological polar surface area (TPSA) is 30.0 Å². The van der Waals surface area contributed by atoms with Crippen molar-refractivity contribution >= 4 is 17.6 Å². The number of aromatic nitrogens is 1. The van der Waals surface area contributed by atoms with E-state index in [-0.39, 0.29) is 0 Å². The van der Waals surface area contributed by atoms with Gasteiger partial charge in [-0.2, -0.15) is 0 Å². The minimum Gasteiger partial charge on any atom is -0.295 e. The third-order valence-electron chi connectivity index (χ3n) is 2.28. The van der Waals surface area contributed by atoms with Gasteiger partial charge in [-0.1, -0.05) is 23.8 Å². The van der Waals surface area contributed by atoms with Gasteiger partial charge in [0.15, 0.2) is 11.3 Å². The molecule has 1 aromatic heterocycles. The van der Waals surface area contributed by atoms with Crippen LogP contribution in [0.2, 0.25) is 0 Å². The minimum atomic E-state index is 0.533. The van der Waals surface area contributed by atoms with E-state index in [2.05, 4.69) is 37.0 Å². The van der Waals surface area contributed by atoms with Crippen LogP contribution in [0.5, 0.6) is 0 Å². The molecule has 0 atom stereocenters. The fourth-order valence-corrected chi connectivity index (χ4v) is 2.28. The predicted octanol–water partition coefficient (Wildman–Crippen LogP) is 3.24. The maximum Gasteiger partial charge on any atom is 0.178 e. The number of aryl methyl sites for hydroxylation is 2. The number of aldehydes is 1. The molecule has 0 aliphatic heterocycles. The summed E-state index contributed by atoms with van der Waals surface area (Å²) >= 11 is 1.43. The maximum atomic E-state index is 10.6. The number of rotatable bonds is 2. The molecule has 1 heterocycles. The molecule has 76 valence electrons. The first-order valence-corrected chi connectivity index (χ1v) is 5.51. The number of carbonyl (C=O) groups is 1. The van der Waals surface area contributed by atoms with Crippen molar-refractivity contribution in [1.29, 1.82) is 0 Å². The summed E-state index contributed by atoms with van der Waals surface area (Å²) in [6.45, 7) is 4.12. The standard InChI is InChI=1S/C12H11NOS/c1-8-3-4-9(2)10(5-8)11-6-13-12(7-14)15-11/h3-7H,1-2H3. The molecule has 0 fully saturated rings. The van der Waals surface area contributed by atoms with Gasteiger partial charge in [-0.05, 0) is 25.0 Å². The first kappa shape index (κ1) is 10.1. The predicted molar refractivity (Wildman–Crippen MR) is 62.4 cm³/mol. The van der Waals surface area contributed by atoms with E-state index in [4.69, 9.17) is 0 Å². The van der Waals surface area contributed by atoms with Gasteiger partial charge in [0.05, 0.1) is 4.88 Å². The Morgan fingerprint density at radius 1 is 1.33 bits per heavy atom. The molecule has 0 amide bonds. The van der Waals surface area contributed by atoms with E-state index in [1.807, 2.05) is 0 Å². The van der Waals surface area contributed by atoms with Crippen LogP contribution in [-0.2, 0) is 0 Å². The molecule has 15 heavy (non-hydrogen) atoms. The zero-order valence-electron chi connectivity index (χ0n) is 8.65. The van der Waals surface area contributed by atoms with Crippen LogP contribution in [-0.4, -0.2) is 11.3 Å². The molecule has 2 rings (SSSR count). The molecule has 0 aliphatic carbocycles. The third-order valence-corrected chi connectivity index (χ3v) is 3.24. The number of benzene rings is 1. The van der Waals surface area contributed by atoms with Gasteiger partial charge >= 0.3 is 0 Å². The summed E-state index contributed by atoms with van der Waals surface area (Å²) in [4.78, 5) is 15.6. The first-order chi connectivity index (χ1) is 7.20. The van der Waals surface area contributed by atoms with E-state index < -0.39 is 0 Å². The highest BCUT2D eigenvalue weighted by molar-refractivity contribution is 7.16. The summed E-state index contributed by atoms with van der Waals surface area (Å²) in [7, 11) is 0. The highest BCUT2D eigenvalue weighted by Gasteiger charge is 2.06. The minimum absolute atomic E-state index is 0.533. The number of hydrogen-bond donors (Lipinski definition) is 0. The van der Waals surface area contributed by atoms with Crippen LogP contribution in [0.15, 0.2) is 24.4 Å². The molecule has 0 spiro atoms. The monoisotopic (exact) mass is 217 g/mol. The van der Waals surface area contributed by atoms with Crippen LogP contribution in [0.25, 0.3) is 10.4 Å². The van der Waals surface area contributed by atoms with Gasteiger partial charge in [-0.15, -0.1) is 11.3 Å². The number of thiazole rings is 1. The second kappa shape index (κ2) is 3.95. The highest BCUT2D eigenvalue weighted by Crippen LogP contribution is 2.28.